The molecule has 1 heterocycles. The number of nitriles is 2. The molecule has 34 heavy (non-hydrogen) atoms. The van der Waals surface area contributed by atoms with Gasteiger partial charge in [0.2, 0.25) is 0 Å². The molecule has 178 valence electrons. The number of carbonyl (C=O) groups is 2. The minimum Gasteiger partial charge on any atom is -0.463 e. The summed E-state index contributed by atoms with van der Waals surface area (Å²) in [5.41, 5.74) is 3.63. The summed E-state index contributed by atoms with van der Waals surface area (Å²) < 4.78 is 10.5. The van der Waals surface area contributed by atoms with Gasteiger partial charge in [-0.25, -0.2) is 0 Å². The van der Waals surface area contributed by atoms with Crippen molar-refractivity contribution in [2.75, 3.05) is 37.8 Å². The van der Waals surface area contributed by atoms with E-state index in [0.29, 0.717) is 52.7 Å². The molecule has 1 aromatic carbocycles. The number of esters is 1. The van der Waals surface area contributed by atoms with Crippen molar-refractivity contribution in [3.05, 3.63) is 39.8 Å². The number of anilines is 1. The maximum atomic E-state index is 11.3. The number of benzene rings is 1. The molecular formula is C24H27N5O4S. The summed E-state index contributed by atoms with van der Waals surface area (Å²) in [7, 11) is 0. The number of azo groups is 1. The smallest absolute Gasteiger partial charge is 0.306 e. The number of rotatable bonds is 13. The third kappa shape index (κ3) is 7.48. The third-order valence-electron chi connectivity index (χ3n) is 4.98. The average molecular weight is 482 g/mol. The summed E-state index contributed by atoms with van der Waals surface area (Å²) in [6.07, 6.45) is 0.950. The Balaban J connectivity index is 1.92. The summed E-state index contributed by atoms with van der Waals surface area (Å²) >= 11 is 1.16. The first-order valence-corrected chi connectivity index (χ1v) is 11.6. The number of nitrogens with zero attached hydrogens (tertiary/aromatic N) is 5. The van der Waals surface area contributed by atoms with Crippen molar-refractivity contribution in [2.24, 2.45) is 10.2 Å². The van der Waals surface area contributed by atoms with Crippen LogP contribution >= 0.6 is 11.3 Å². The van der Waals surface area contributed by atoms with E-state index in [4.69, 9.17) is 9.47 Å². The van der Waals surface area contributed by atoms with Crippen molar-refractivity contribution in [2.45, 2.75) is 33.6 Å². The summed E-state index contributed by atoms with van der Waals surface area (Å²) in [6, 6.07) is 10.0. The van der Waals surface area contributed by atoms with Crippen molar-refractivity contribution in [1.82, 2.24) is 0 Å². The quantitative estimate of drug-likeness (QED) is 0.172. The second-order valence-electron chi connectivity index (χ2n) is 7.25. The first-order chi connectivity index (χ1) is 16.4. The molecule has 2 rings (SSSR count). The Labute approximate surface area is 203 Å². The maximum absolute atomic E-state index is 11.3. The highest BCUT2D eigenvalue weighted by atomic mass is 32.1. The molecule has 0 aliphatic heterocycles. The molecule has 0 fully saturated rings. The van der Waals surface area contributed by atoms with Crippen LogP contribution in [0.4, 0.5) is 16.4 Å². The van der Waals surface area contributed by atoms with Crippen LogP contribution in [-0.4, -0.2) is 45.2 Å². The van der Waals surface area contributed by atoms with E-state index < -0.39 is 5.97 Å². The highest BCUT2D eigenvalue weighted by molar-refractivity contribution is 7.16. The number of aldehydes is 1. The molecule has 0 saturated carbocycles. The lowest BCUT2D eigenvalue weighted by Gasteiger charge is -2.23. The van der Waals surface area contributed by atoms with E-state index in [1.165, 1.54) is 0 Å². The molecule has 0 saturated heterocycles. The van der Waals surface area contributed by atoms with Gasteiger partial charge in [-0.05, 0) is 50.1 Å². The van der Waals surface area contributed by atoms with Gasteiger partial charge in [0.1, 0.15) is 29.9 Å². The normalized spacial score (nSPS) is 10.6. The number of hydrogen-bond donors (Lipinski definition) is 0. The molecule has 10 heteroatoms. The topological polar surface area (TPSA) is 128 Å². The lowest BCUT2D eigenvalue weighted by Crippen LogP contribution is -2.27. The zero-order valence-corrected chi connectivity index (χ0v) is 20.4. The zero-order chi connectivity index (χ0) is 24.9. The van der Waals surface area contributed by atoms with Crippen molar-refractivity contribution in [3.63, 3.8) is 0 Å². The van der Waals surface area contributed by atoms with E-state index in [2.05, 4.69) is 27.3 Å². The van der Waals surface area contributed by atoms with Gasteiger partial charge in [-0.3, -0.25) is 4.79 Å². The summed E-state index contributed by atoms with van der Waals surface area (Å²) in [6.45, 7) is 8.08. The molecule has 9 nitrogen and oxygen atoms in total. The Morgan fingerprint density at radius 1 is 1.18 bits per heavy atom. The van der Waals surface area contributed by atoms with E-state index in [9.17, 15) is 20.1 Å². The SMILES string of the molecule is CCN(CCOCCOC(=O)CCC=O)c1ccc(N=Nc2sc(C#N)c(C)c2C#N)c(C)c1. The number of hydrogen-bond acceptors (Lipinski definition) is 10. The minimum absolute atomic E-state index is 0.0926. The summed E-state index contributed by atoms with van der Waals surface area (Å²) in [4.78, 5) is 24.2. The second-order valence-corrected chi connectivity index (χ2v) is 8.25. The van der Waals surface area contributed by atoms with Crippen LogP contribution in [0, 0.1) is 36.5 Å². The number of likely N-dealkylation sites (N-methyl/N-ethyl adjacent to an activating group) is 1. The fraction of sp³-hybridized carbons (Fsp3) is 0.417. The van der Waals surface area contributed by atoms with Gasteiger partial charge in [-0.2, -0.15) is 10.5 Å². The van der Waals surface area contributed by atoms with Crippen LogP contribution in [0.3, 0.4) is 0 Å². The molecule has 1 aromatic heterocycles. The van der Waals surface area contributed by atoms with Crippen LogP contribution in [0.2, 0.25) is 0 Å². The average Bonchev–Trinajstić information content (AvgIpc) is 3.15. The van der Waals surface area contributed by atoms with Crippen LogP contribution < -0.4 is 4.90 Å². The Kier molecular flexibility index (Phi) is 10.8. The van der Waals surface area contributed by atoms with E-state index >= 15 is 0 Å². The molecule has 0 spiro atoms. The number of carbonyl (C=O) groups excluding carboxylic acids is 2. The largest absolute Gasteiger partial charge is 0.463 e. The molecule has 0 aliphatic rings. The number of thiophene rings is 1. The van der Waals surface area contributed by atoms with Gasteiger partial charge in [-0.1, -0.05) is 0 Å². The molecule has 0 bridgehead atoms. The van der Waals surface area contributed by atoms with Gasteiger partial charge >= 0.3 is 5.97 Å². The second kappa shape index (κ2) is 13.8. The van der Waals surface area contributed by atoms with Crippen molar-refractivity contribution < 1.29 is 19.1 Å². The van der Waals surface area contributed by atoms with Crippen LogP contribution in [0.5, 0.6) is 0 Å². The fourth-order valence-corrected chi connectivity index (χ4v) is 3.94. The van der Waals surface area contributed by atoms with Gasteiger partial charge in [0.05, 0.1) is 30.9 Å². The summed E-state index contributed by atoms with van der Waals surface area (Å²) in [5, 5.41) is 27.5. The summed E-state index contributed by atoms with van der Waals surface area (Å²) in [5.74, 6) is -0.401. The predicted octanol–water partition coefficient (Wildman–Crippen LogP) is 4.89. The van der Waals surface area contributed by atoms with Gasteiger partial charge in [-0.15, -0.1) is 21.6 Å². The van der Waals surface area contributed by atoms with E-state index in [0.717, 1.165) is 29.1 Å². The number of aryl methyl sites for hydroxylation is 1. The highest BCUT2D eigenvalue weighted by Crippen LogP contribution is 2.36. The van der Waals surface area contributed by atoms with E-state index in [1.54, 1.807) is 6.92 Å². The molecular weight excluding hydrogens is 454 g/mol. The van der Waals surface area contributed by atoms with E-state index in [-0.39, 0.29) is 19.4 Å². The molecule has 0 unspecified atom stereocenters. The maximum Gasteiger partial charge on any atom is 0.306 e. The fourth-order valence-electron chi connectivity index (χ4n) is 3.06. The molecule has 0 radical (unpaired) electrons. The first-order valence-electron chi connectivity index (χ1n) is 10.8. The minimum atomic E-state index is -0.401. The molecule has 2 aromatic rings. The Morgan fingerprint density at radius 2 is 1.97 bits per heavy atom. The first kappa shape index (κ1) is 26.7. The van der Waals surface area contributed by atoms with Crippen LogP contribution in [-0.2, 0) is 19.1 Å². The number of ether oxygens (including phenoxy) is 2. The Bertz CT molecular complexity index is 1110. The zero-order valence-electron chi connectivity index (χ0n) is 19.5. The highest BCUT2D eigenvalue weighted by Gasteiger charge is 2.14. The van der Waals surface area contributed by atoms with Crippen molar-refractivity contribution >= 4 is 40.0 Å². The van der Waals surface area contributed by atoms with Crippen LogP contribution in [0.15, 0.2) is 28.4 Å². The molecule has 0 amide bonds. The van der Waals surface area contributed by atoms with Crippen LogP contribution in [0.1, 0.15) is 41.3 Å². The monoisotopic (exact) mass is 481 g/mol. The molecule has 0 N–H and O–H groups in total. The predicted molar refractivity (Wildman–Crippen MR) is 129 cm³/mol. The molecule has 0 atom stereocenters. The third-order valence-corrected chi connectivity index (χ3v) is 6.06. The van der Waals surface area contributed by atoms with Crippen LogP contribution in [0.25, 0.3) is 0 Å². The molecule has 0 aliphatic carbocycles. The van der Waals surface area contributed by atoms with E-state index in [1.807, 2.05) is 32.0 Å². The van der Waals surface area contributed by atoms with Gasteiger partial charge in [0.15, 0.2) is 5.00 Å². The van der Waals surface area contributed by atoms with Crippen molar-refractivity contribution in [1.29, 1.82) is 10.5 Å². The standard InChI is InChI=1S/C24H27N5O4S/c1-4-29(9-11-32-12-13-33-23(31)6-5-10-30)19-7-8-21(17(2)14-19)27-28-24-20(15-25)18(3)22(16-26)34-24/h7-8,10,14H,4-6,9,11-13H2,1-3H3. The lowest BCUT2D eigenvalue weighted by atomic mass is 10.1. The Hall–Kier alpha value is -3.60. The lowest BCUT2D eigenvalue weighted by molar-refractivity contribution is -0.145. The van der Waals surface area contributed by atoms with Crippen molar-refractivity contribution in [3.8, 4) is 12.1 Å². The van der Waals surface area contributed by atoms with Gasteiger partial charge in [0.25, 0.3) is 0 Å². The van der Waals surface area contributed by atoms with Gasteiger partial charge < -0.3 is 19.2 Å². The van der Waals surface area contributed by atoms with Gasteiger partial charge in [0, 0.05) is 25.2 Å². The Morgan fingerprint density at radius 3 is 2.62 bits per heavy atom.